The summed E-state index contributed by atoms with van der Waals surface area (Å²) >= 11 is 0. The van der Waals surface area contributed by atoms with Gasteiger partial charge in [-0.15, -0.1) is 0 Å². The van der Waals surface area contributed by atoms with E-state index >= 15 is 0 Å². The number of methoxy groups -OCH3 is 1. The molecular formula is C17H22N2O3. The predicted octanol–water partition coefficient (Wildman–Crippen LogP) is 2.23. The van der Waals surface area contributed by atoms with Crippen molar-refractivity contribution in [2.24, 2.45) is 0 Å². The highest BCUT2D eigenvalue weighted by Crippen LogP contribution is 2.24. The summed E-state index contributed by atoms with van der Waals surface area (Å²) in [5.74, 6) is 0.811. The van der Waals surface area contributed by atoms with Crippen LogP contribution in [0.5, 0.6) is 0 Å². The van der Waals surface area contributed by atoms with E-state index < -0.39 is 0 Å². The largest absolute Gasteiger partial charge is 0.395 e. The number of rotatable bonds is 5. The molecule has 1 fully saturated rings. The Labute approximate surface area is 130 Å². The van der Waals surface area contributed by atoms with Gasteiger partial charge in [0.2, 0.25) is 0 Å². The zero-order valence-corrected chi connectivity index (χ0v) is 13.0. The van der Waals surface area contributed by atoms with E-state index in [2.05, 4.69) is 29.1 Å². The standard InChI is InChI=1S/C17H22N2O3/c1-12-3-5-13(6-4-12)17-8-16(22-18-17)10-19-9-15(21-2)7-14(19)11-20/h3-6,8,14-15,20H,7,9-11H2,1-2H3/t14-,15-/m0/s1. The van der Waals surface area contributed by atoms with Gasteiger partial charge in [0.1, 0.15) is 5.69 Å². The zero-order chi connectivity index (χ0) is 15.5. The van der Waals surface area contributed by atoms with Crippen molar-refractivity contribution in [3.05, 3.63) is 41.7 Å². The lowest BCUT2D eigenvalue weighted by Crippen LogP contribution is -2.31. The Morgan fingerprint density at radius 3 is 2.82 bits per heavy atom. The third kappa shape index (κ3) is 3.21. The molecule has 0 radical (unpaired) electrons. The first kappa shape index (κ1) is 15.2. The van der Waals surface area contributed by atoms with E-state index in [0.29, 0.717) is 6.54 Å². The average Bonchev–Trinajstić information content (AvgIpc) is 3.15. The fourth-order valence-electron chi connectivity index (χ4n) is 2.94. The van der Waals surface area contributed by atoms with E-state index in [1.807, 2.05) is 18.2 Å². The molecule has 1 aliphatic rings. The van der Waals surface area contributed by atoms with E-state index in [1.54, 1.807) is 7.11 Å². The Balaban J connectivity index is 1.70. The monoisotopic (exact) mass is 302 g/mol. The van der Waals surface area contributed by atoms with Gasteiger partial charge in [0.15, 0.2) is 5.76 Å². The van der Waals surface area contributed by atoms with Crippen molar-refractivity contribution < 1.29 is 14.4 Å². The molecule has 0 saturated carbocycles. The molecule has 1 aliphatic heterocycles. The summed E-state index contributed by atoms with van der Waals surface area (Å²) in [5, 5.41) is 13.6. The predicted molar refractivity (Wildman–Crippen MR) is 83.4 cm³/mol. The normalized spacial score (nSPS) is 22.3. The van der Waals surface area contributed by atoms with Gasteiger partial charge in [0, 0.05) is 31.3 Å². The fourth-order valence-corrected chi connectivity index (χ4v) is 2.94. The first-order valence-corrected chi connectivity index (χ1v) is 7.60. The van der Waals surface area contributed by atoms with Crippen LogP contribution in [-0.2, 0) is 11.3 Å². The highest BCUT2D eigenvalue weighted by molar-refractivity contribution is 5.59. The second-order valence-electron chi connectivity index (χ2n) is 5.90. The molecule has 2 heterocycles. The Morgan fingerprint density at radius 2 is 2.14 bits per heavy atom. The van der Waals surface area contributed by atoms with Crippen molar-refractivity contribution in [3.8, 4) is 11.3 Å². The smallest absolute Gasteiger partial charge is 0.151 e. The number of aliphatic hydroxyl groups is 1. The van der Waals surface area contributed by atoms with Crippen molar-refractivity contribution in [1.82, 2.24) is 10.1 Å². The molecule has 0 aliphatic carbocycles. The minimum absolute atomic E-state index is 0.123. The summed E-state index contributed by atoms with van der Waals surface area (Å²) in [6, 6.07) is 10.3. The number of aliphatic hydroxyl groups excluding tert-OH is 1. The SMILES string of the molecule is CO[C@H]1C[C@@H](CO)N(Cc2cc(-c3ccc(C)cc3)no2)C1. The van der Waals surface area contributed by atoms with E-state index in [9.17, 15) is 5.11 Å². The van der Waals surface area contributed by atoms with Crippen LogP contribution in [0.25, 0.3) is 11.3 Å². The first-order chi connectivity index (χ1) is 10.7. The number of nitrogens with zero attached hydrogens (tertiary/aromatic N) is 2. The highest BCUT2D eigenvalue weighted by Gasteiger charge is 2.32. The Kier molecular flexibility index (Phi) is 4.57. The second-order valence-corrected chi connectivity index (χ2v) is 5.90. The maximum atomic E-state index is 9.49. The van der Waals surface area contributed by atoms with E-state index in [-0.39, 0.29) is 18.8 Å². The topological polar surface area (TPSA) is 58.7 Å². The van der Waals surface area contributed by atoms with Gasteiger partial charge < -0.3 is 14.4 Å². The molecule has 5 heteroatoms. The Bertz CT molecular complexity index is 609. The number of hydrogen-bond donors (Lipinski definition) is 1. The summed E-state index contributed by atoms with van der Waals surface area (Å²) in [6.45, 7) is 3.65. The third-order valence-corrected chi connectivity index (χ3v) is 4.30. The van der Waals surface area contributed by atoms with Gasteiger partial charge in [0.05, 0.1) is 19.3 Å². The fraction of sp³-hybridized carbons (Fsp3) is 0.471. The lowest BCUT2D eigenvalue weighted by atomic mass is 10.1. The maximum Gasteiger partial charge on any atom is 0.151 e. The quantitative estimate of drug-likeness (QED) is 0.918. The maximum absolute atomic E-state index is 9.49. The van der Waals surface area contributed by atoms with Gasteiger partial charge in [-0.3, -0.25) is 4.90 Å². The molecule has 1 aromatic heterocycles. The van der Waals surface area contributed by atoms with Crippen LogP contribution in [0.4, 0.5) is 0 Å². The number of ether oxygens (including phenoxy) is 1. The number of aryl methyl sites for hydroxylation is 1. The van der Waals surface area contributed by atoms with Crippen molar-refractivity contribution in [2.75, 3.05) is 20.3 Å². The van der Waals surface area contributed by atoms with Crippen LogP contribution in [0.15, 0.2) is 34.9 Å². The highest BCUT2D eigenvalue weighted by atomic mass is 16.5. The van der Waals surface area contributed by atoms with Crippen LogP contribution in [0.2, 0.25) is 0 Å². The van der Waals surface area contributed by atoms with Crippen LogP contribution in [0.3, 0.4) is 0 Å². The van der Waals surface area contributed by atoms with E-state index in [4.69, 9.17) is 9.26 Å². The van der Waals surface area contributed by atoms with Crippen LogP contribution < -0.4 is 0 Å². The van der Waals surface area contributed by atoms with Gasteiger partial charge in [-0.05, 0) is 13.3 Å². The lowest BCUT2D eigenvalue weighted by Gasteiger charge is -2.20. The average molecular weight is 302 g/mol. The third-order valence-electron chi connectivity index (χ3n) is 4.30. The van der Waals surface area contributed by atoms with Crippen molar-refractivity contribution in [2.45, 2.75) is 32.0 Å². The summed E-state index contributed by atoms with van der Waals surface area (Å²) < 4.78 is 10.9. The molecule has 3 rings (SSSR count). The molecule has 0 unspecified atom stereocenters. The lowest BCUT2D eigenvalue weighted by molar-refractivity contribution is 0.105. The van der Waals surface area contributed by atoms with Gasteiger partial charge in [0.25, 0.3) is 0 Å². The molecule has 1 saturated heterocycles. The summed E-state index contributed by atoms with van der Waals surface area (Å²) in [5.41, 5.74) is 3.12. The molecule has 1 N–H and O–H groups in total. The number of likely N-dealkylation sites (tertiary alicyclic amines) is 1. The number of hydrogen-bond acceptors (Lipinski definition) is 5. The molecule has 0 bridgehead atoms. The van der Waals surface area contributed by atoms with Crippen LogP contribution in [0.1, 0.15) is 17.7 Å². The Morgan fingerprint density at radius 1 is 1.36 bits per heavy atom. The van der Waals surface area contributed by atoms with Gasteiger partial charge in [-0.2, -0.15) is 0 Å². The van der Waals surface area contributed by atoms with Crippen molar-refractivity contribution in [1.29, 1.82) is 0 Å². The van der Waals surface area contributed by atoms with Gasteiger partial charge in [-0.25, -0.2) is 0 Å². The van der Waals surface area contributed by atoms with Gasteiger partial charge >= 0.3 is 0 Å². The summed E-state index contributed by atoms with van der Waals surface area (Å²) in [4.78, 5) is 2.19. The number of benzene rings is 1. The van der Waals surface area contributed by atoms with E-state index in [0.717, 1.165) is 30.0 Å². The molecule has 0 spiro atoms. The van der Waals surface area contributed by atoms with Crippen LogP contribution in [-0.4, -0.2) is 47.6 Å². The zero-order valence-electron chi connectivity index (χ0n) is 13.0. The van der Waals surface area contributed by atoms with Crippen molar-refractivity contribution >= 4 is 0 Å². The first-order valence-electron chi connectivity index (χ1n) is 7.60. The van der Waals surface area contributed by atoms with Crippen LogP contribution in [0, 0.1) is 6.92 Å². The molecule has 118 valence electrons. The van der Waals surface area contributed by atoms with E-state index in [1.165, 1.54) is 5.56 Å². The second kappa shape index (κ2) is 6.60. The molecular weight excluding hydrogens is 280 g/mol. The molecule has 2 atom stereocenters. The minimum atomic E-state index is 0.123. The van der Waals surface area contributed by atoms with Crippen LogP contribution >= 0.6 is 0 Å². The molecule has 5 nitrogen and oxygen atoms in total. The van der Waals surface area contributed by atoms with Crippen molar-refractivity contribution in [3.63, 3.8) is 0 Å². The van der Waals surface area contributed by atoms with Gasteiger partial charge in [-0.1, -0.05) is 35.0 Å². The minimum Gasteiger partial charge on any atom is -0.395 e. The number of aromatic nitrogens is 1. The molecule has 22 heavy (non-hydrogen) atoms. The molecule has 0 amide bonds. The molecule has 2 aromatic rings. The molecule has 1 aromatic carbocycles. The summed E-state index contributed by atoms with van der Waals surface area (Å²) in [7, 11) is 1.71. The Hall–Kier alpha value is -1.69. The summed E-state index contributed by atoms with van der Waals surface area (Å²) in [6.07, 6.45) is 1.03.